The minimum Gasteiger partial charge on any atom is -0.494 e. The molecule has 0 saturated heterocycles. The van der Waals surface area contributed by atoms with Crippen LogP contribution >= 0.6 is 22.7 Å². The van der Waals surface area contributed by atoms with Gasteiger partial charge in [-0.15, -0.1) is 22.7 Å². The van der Waals surface area contributed by atoms with Gasteiger partial charge in [0.2, 0.25) is 0 Å². The number of benzene rings is 1. The van der Waals surface area contributed by atoms with Crippen molar-refractivity contribution in [3.8, 4) is 5.75 Å². The molecule has 27 heavy (non-hydrogen) atoms. The number of hydrogen-bond acceptors (Lipinski definition) is 4. The summed E-state index contributed by atoms with van der Waals surface area (Å²) in [6.07, 6.45) is 1.04. The van der Waals surface area contributed by atoms with Crippen LogP contribution in [0.3, 0.4) is 0 Å². The topological polar surface area (TPSA) is 42.8 Å². The number of carbonyl (C=O) groups is 1. The largest absolute Gasteiger partial charge is 0.494 e. The van der Waals surface area contributed by atoms with Gasteiger partial charge in [0.1, 0.15) is 11.8 Å². The Hall–Kier alpha value is -2.15. The Morgan fingerprint density at radius 2 is 2.04 bits per heavy atom. The summed E-state index contributed by atoms with van der Waals surface area (Å²) in [6.45, 7) is 4.04. The average Bonchev–Trinajstić information content (AvgIpc) is 3.35. The minimum atomic E-state index is 0.0504. The monoisotopic (exact) mass is 399 g/mol. The maximum atomic E-state index is 12.7. The fourth-order valence-electron chi connectivity index (χ4n) is 3.66. The Bertz CT molecular complexity index is 887. The molecule has 3 heterocycles. The molecule has 1 aliphatic heterocycles. The van der Waals surface area contributed by atoms with Gasteiger partial charge in [-0.25, -0.2) is 0 Å². The minimum absolute atomic E-state index is 0.0504. The molecule has 1 amide bonds. The zero-order chi connectivity index (χ0) is 18.6. The van der Waals surface area contributed by atoms with E-state index in [-0.39, 0.29) is 11.9 Å². The standard InChI is InChI=1S/C21H22N2O2S2/c1-2-25-16-7-5-15(6-8-16)22-20(24)14-23-11-9-18-17(10-13-27-18)21(23)19-4-3-12-26-19/h3-8,10,12-13,21H,2,9,11,14H2,1H3,(H,22,24)/p+1/t21-/m1/s1. The first-order chi connectivity index (χ1) is 13.2. The molecule has 0 radical (unpaired) electrons. The first kappa shape index (κ1) is 18.2. The van der Waals surface area contributed by atoms with E-state index in [4.69, 9.17) is 4.74 Å². The molecule has 2 aromatic heterocycles. The SMILES string of the molecule is CCOc1ccc(NC(=O)C[NH+]2CCc3sccc3[C@@H]2c2cccs2)cc1. The van der Waals surface area contributed by atoms with E-state index in [1.807, 2.05) is 42.5 Å². The number of quaternary nitrogens is 1. The summed E-state index contributed by atoms with van der Waals surface area (Å²) in [4.78, 5) is 16.8. The summed E-state index contributed by atoms with van der Waals surface area (Å²) < 4.78 is 5.45. The van der Waals surface area contributed by atoms with Crippen LogP contribution in [0.25, 0.3) is 0 Å². The number of hydrogen-bond donors (Lipinski definition) is 2. The third-order valence-electron chi connectivity index (χ3n) is 4.84. The molecular weight excluding hydrogens is 376 g/mol. The van der Waals surface area contributed by atoms with E-state index in [1.165, 1.54) is 20.2 Å². The summed E-state index contributed by atoms with van der Waals surface area (Å²) in [5, 5.41) is 7.33. The first-order valence-corrected chi connectivity index (χ1v) is 11.0. The number of fused-ring (bicyclic) bond motifs is 1. The van der Waals surface area contributed by atoms with Crippen molar-refractivity contribution in [1.82, 2.24) is 0 Å². The van der Waals surface area contributed by atoms with Crippen LogP contribution in [-0.2, 0) is 11.2 Å². The van der Waals surface area contributed by atoms with E-state index in [9.17, 15) is 4.79 Å². The van der Waals surface area contributed by atoms with Gasteiger partial charge in [-0.2, -0.15) is 0 Å². The molecule has 1 aromatic carbocycles. The fraction of sp³-hybridized carbons (Fsp3) is 0.286. The van der Waals surface area contributed by atoms with Gasteiger partial charge >= 0.3 is 0 Å². The second-order valence-electron chi connectivity index (χ2n) is 6.59. The molecule has 6 heteroatoms. The molecule has 0 aliphatic carbocycles. The number of anilines is 1. The second-order valence-corrected chi connectivity index (χ2v) is 8.57. The highest BCUT2D eigenvalue weighted by molar-refractivity contribution is 7.10. The number of ether oxygens (including phenoxy) is 1. The van der Waals surface area contributed by atoms with Gasteiger partial charge in [-0.05, 0) is 54.1 Å². The smallest absolute Gasteiger partial charge is 0.279 e. The van der Waals surface area contributed by atoms with Crippen molar-refractivity contribution < 1.29 is 14.4 Å². The molecule has 1 unspecified atom stereocenters. The number of thiophene rings is 2. The van der Waals surface area contributed by atoms with Crippen molar-refractivity contribution in [2.75, 3.05) is 25.0 Å². The summed E-state index contributed by atoms with van der Waals surface area (Å²) in [7, 11) is 0. The lowest BCUT2D eigenvalue weighted by Gasteiger charge is -2.31. The van der Waals surface area contributed by atoms with E-state index in [0.717, 1.165) is 24.4 Å². The molecule has 140 valence electrons. The van der Waals surface area contributed by atoms with Crippen LogP contribution < -0.4 is 15.0 Å². The number of carbonyl (C=O) groups excluding carboxylic acids is 1. The lowest BCUT2D eigenvalue weighted by atomic mass is 9.98. The molecule has 0 bridgehead atoms. The Morgan fingerprint density at radius 1 is 1.19 bits per heavy atom. The quantitative estimate of drug-likeness (QED) is 0.667. The van der Waals surface area contributed by atoms with Crippen molar-refractivity contribution in [2.45, 2.75) is 19.4 Å². The van der Waals surface area contributed by atoms with Gasteiger partial charge in [-0.3, -0.25) is 4.79 Å². The van der Waals surface area contributed by atoms with Crippen molar-refractivity contribution in [3.63, 3.8) is 0 Å². The molecule has 3 aromatic rings. The Morgan fingerprint density at radius 3 is 2.78 bits per heavy atom. The second kappa shape index (κ2) is 8.25. The van der Waals surface area contributed by atoms with Gasteiger partial charge in [0.15, 0.2) is 6.54 Å². The van der Waals surface area contributed by atoms with Crippen molar-refractivity contribution in [2.24, 2.45) is 0 Å². The Kier molecular flexibility index (Phi) is 5.57. The Balaban J connectivity index is 1.47. The molecule has 0 spiro atoms. The van der Waals surface area contributed by atoms with Crippen LogP contribution in [0, 0.1) is 0 Å². The third kappa shape index (κ3) is 4.08. The van der Waals surface area contributed by atoms with E-state index < -0.39 is 0 Å². The van der Waals surface area contributed by atoms with Gasteiger partial charge < -0.3 is 15.0 Å². The zero-order valence-corrected chi connectivity index (χ0v) is 16.9. The molecule has 1 aliphatic rings. The number of amides is 1. The van der Waals surface area contributed by atoms with Gasteiger partial charge in [-0.1, -0.05) is 6.07 Å². The number of rotatable bonds is 6. The third-order valence-corrected chi connectivity index (χ3v) is 6.77. The zero-order valence-electron chi connectivity index (χ0n) is 15.2. The van der Waals surface area contributed by atoms with Crippen LogP contribution in [0.15, 0.2) is 53.2 Å². The first-order valence-electron chi connectivity index (χ1n) is 9.21. The summed E-state index contributed by atoms with van der Waals surface area (Å²) >= 11 is 3.61. The van der Waals surface area contributed by atoms with Crippen LogP contribution in [0.1, 0.15) is 28.3 Å². The highest BCUT2D eigenvalue weighted by Crippen LogP contribution is 2.31. The van der Waals surface area contributed by atoms with E-state index in [0.29, 0.717) is 13.2 Å². The van der Waals surface area contributed by atoms with Crippen molar-refractivity contribution >= 4 is 34.3 Å². The van der Waals surface area contributed by atoms with Crippen LogP contribution in [0.5, 0.6) is 5.75 Å². The van der Waals surface area contributed by atoms with Crippen LogP contribution in [0.4, 0.5) is 5.69 Å². The Labute approximate surface area is 167 Å². The van der Waals surface area contributed by atoms with Gasteiger partial charge in [0, 0.05) is 22.5 Å². The van der Waals surface area contributed by atoms with Crippen LogP contribution in [-0.4, -0.2) is 25.6 Å². The number of nitrogens with one attached hydrogen (secondary N) is 2. The lowest BCUT2D eigenvalue weighted by molar-refractivity contribution is -0.919. The van der Waals surface area contributed by atoms with Crippen molar-refractivity contribution in [1.29, 1.82) is 0 Å². The normalized spacial score (nSPS) is 18.7. The average molecular weight is 400 g/mol. The molecular formula is C21H23N2O2S2+. The maximum absolute atomic E-state index is 12.7. The highest BCUT2D eigenvalue weighted by atomic mass is 32.1. The molecule has 4 rings (SSSR count). The van der Waals surface area contributed by atoms with Crippen LogP contribution in [0.2, 0.25) is 0 Å². The van der Waals surface area contributed by atoms with E-state index in [2.05, 4.69) is 34.3 Å². The van der Waals surface area contributed by atoms with E-state index >= 15 is 0 Å². The highest BCUT2D eigenvalue weighted by Gasteiger charge is 2.35. The van der Waals surface area contributed by atoms with Crippen molar-refractivity contribution in [3.05, 3.63) is 68.5 Å². The molecule has 4 nitrogen and oxygen atoms in total. The van der Waals surface area contributed by atoms with E-state index in [1.54, 1.807) is 11.3 Å². The summed E-state index contributed by atoms with van der Waals surface area (Å²) in [6, 6.07) is 14.3. The lowest BCUT2D eigenvalue weighted by Crippen LogP contribution is -3.14. The molecule has 0 saturated carbocycles. The molecule has 0 fully saturated rings. The summed E-state index contributed by atoms with van der Waals surface area (Å²) in [5.41, 5.74) is 2.20. The predicted octanol–water partition coefficient (Wildman–Crippen LogP) is 3.38. The van der Waals surface area contributed by atoms with Gasteiger partial charge in [0.25, 0.3) is 5.91 Å². The summed E-state index contributed by atoms with van der Waals surface area (Å²) in [5.74, 6) is 0.870. The molecule has 2 N–H and O–H groups in total. The van der Waals surface area contributed by atoms with Gasteiger partial charge in [0.05, 0.1) is 18.0 Å². The molecule has 2 atom stereocenters. The predicted molar refractivity (Wildman–Crippen MR) is 111 cm³/mol. The fourth-order valence-corrected chi connectivity index (χ4v) is 5.48. The maximum Gasteiger partial charge on any atom is 0.279 e.